The number of aromatic nitrogens is 4. The largest absolute Gasteiger partial charge is 0.481 e. The molecule has 0 bridgehead atoms. The summed E-state index contributed by atoms with van der Waals surface area (Å²) in [6, 6.07) is 0.606. The molecule has 2 aromatic rings. The SMILES string of the molecule is CON=C(C(=O)NC1C(=O)N2CC(CSc3cnccn3)(C(=O)O)CS[C@H]12)c1nccc(N)n1. The van der Waals surface area contributed by atoms with Crippen LogP contribution in [0.1, 0.15) is 5.82 Å². The number of carboxylic acid groups (broad SMARTS) is 1. The van der Waals surface area contributed by atoms with Crippen LogP contribution in [0.3, 0.4) is 0 Å². The third-order valence-electron chi connectivity index (χ3n) is 5.21. The topological polar surface area (TPSA) is 186 Å². The number of amides is 2. The smallest absolute Gasteiger partial charge is 0.313 e. The van der Waals surface area contributed by atoms with E-state index in [1.165, 1.54) is 60.2 Å². The number of carboxylic acids is 1. The van der Waals surface area contributed by atoms with Crippen LogP contribution in [0.5, 0.6) is 0 Å². The van der Waals surface area contributed by atoms with Gasteiger partial charge in [-0.15, -0.1) is 23.5 Å². The maximum Gasteiger partial charge on any atom is 0.313 e. The molecule has 4 heterocycles. The number of nitrogens with zero attached hydrogens (tertiary/aromatic N) is 6. The monoisotopic (exact) mass is 504 g/mol. The first kappa shape index (κ1) is 23.7. The highest BCUT2D eigenvalue weighted by atomic mass is 32.2. The number of β-lactam (4-membered cyclic amide) rings is 1. The lowest BCUT2D eigenvalue weighted by Crippen LogP contribution is -2.74. The molecular weight excluding hydrogens is 484 g/mol. The van der Waals surface area contributed by atoms with E-state index in [9.17, 15) is 19.5 Å². The van der Waals surface area contributed by atoms with Crippen molar-refractivity contribution in [1.29, 1.82) is 0 Å². The highest BCUT2D eigenvalue weighted by Gasteiger charge is 2.57. The number of carbonyl (C=O) groups is 3. The van der Waals surface area contributed by atoms with Crippen molar-refractivity contribution in [1.82, 2.24) is 30.2 Å². The van der Waals surface area contributed by atoms with Gasteiger partial charge in [-0.05, 0) is 6.07 Å². The zero-order valence-corrected chi connectivity index (χ0v) is 19.5. The van der Waals surface area contributed by atoms with Gasteiger partial charge >= 0.3 is 5.97 Å². The van der Waals surface area contributed by atoms with Crippen molar-refractivity contribution in [2.45, 2.75) is 16.4 Å². The minimum atomic E-state index is -1.16. The second kappa shape index (κ2) is 9.80. The summed E-state index contributed by atoms with van der Waals surface area (Å²) in [5.41, 5.74) is 4.26. The number of nitrogen functional groups attached to an aromatic ring is 1. The van der Waals surface area contributed by atoms with Crippen LogP contribution < -0.4 is 11.1 Å². The standard InChI is InChI=1S/C19H20N8O5S2/c1-32-26-12(14-23-3-2-10(20)24-14)15(28)25-13-16(29)27-7-19(18(30)31,9-34-17(13)27)8-33-11-6-21-4-5-22-11/h2-6,13,17H,7-9H2,1H3,(H,25,28)(H,30,31)(H2,20,23,24)/t13?,17-,19?/m1/s1. The molecule has 15 heteroatoms. The predicted octanol–water partition coefficient (Wildman–Crippen LogP) is -0.537. The Morgan fingerprint density at radius 2 is 2.24 bits per heavy atom. The zero-order valence-electron chi connectivity index (χ0n) is 17.8. The molecule has 2 aromatic heterocycles. The Labute approximate surface area is 202 Å². The summed E-state index contributed by atoms with van der Waals surface area (Å²) >= 11 is 2.57. The van der Waals surface area contributed by atoms with Gasteiger partial charge in [-0.2, -0.15) is 0 Å². The van der Waals surface area contributed by atoms with Gasteiger partial charge in [0.15, 0.2) is 5.82 Å². The molecule has 0 aliphatic carbocycles. The van der Waals surface area contributed by atoms with Gasteiger partial charge in [-0.1, -0.05) is 5.16 Å². The van der Waals surface area contributed by atoms with Crippen LogP contribution >= 0.6 is 23.5 Å². The predicted molar refractivity (Wildman–Crippen MR) is 123 cm³/mol. The Morgan fingerprint density at radius 3 is 2.91 bits per heavy atom. The van der Waals surface area contributed by atoms with Crippen molar-refractivity contribution in [3.05, 3.63) is 36.7 Å². The fourth-order valence-electron chi connectivity index (χ4n) is 3.45. The number of carbonyl (C=O) groups excluding carboxylic acids is 2. The molecule has 2 unspecified atom stereocenters. The Hall–Kier alpha value is -3.46. The number of nitrogens with two attached hydrogens (primary N) is 1. The second-order valence-corrected chi connectivity index (χ2v) is 9.56. The molecule has 0 spiro atoms. The molecule has 2 aliphatic heterocycles. The lowest BCUT2D eigenvalue weighted by molar-refractivity contribution is -0.157. The lowest BCUT2D eigenvalue weighted by Gasteiger charge is -2.53. The van der Waals surface area contributed by atoms with Crippen molar-refractivity contribution < 1.29 is 24.3 Å². The summed E-state index contributed by atoms with van der Waals surface area (Å²) in [7, 11) is 1.26. The number of anilines is 1. The van der Waals surface area contributed by atoms with Crippen LogP contribution in [0.25, 0.3) is 0 Å². The first-order valence-corrected chi connectivity index (χ1v) is 11.9. The van der Waals surface area contributed by atoms with E-state index >= 15 is 0 Å². The molecule has 34 heavy (non-hydrogen) atoms. The van der Waals surface area contributed by atoms with Crippen LogP contribution in [0.2, 0.25) is 0 Å². The van der Waals surface area contributed by atoms with Crippen molar-refractivity contribution in [2.24, 2.45) is 10.6 Å². The molecule has 4 rings (SSSR count). The summed E-state index contributed by atoms with van der Waals surface area (Å²) in [4.78, 5) is 60.1. The summed E-state index contributed by atoms with van der Waals surface area (Å²) in [5.74, 6) is -1.52. The van der Waals surface area contributed by atoms with E-state index in [1.807, 2.05) is 0 Å². The quantitative estimate of drug-likeness (QED) is 0.181. The van der Waals surface area contributed by atoms with E-state index in [2.05, 4.69) is 30.4 Å². The molecule has 2 aliphatic rings. The second-order valence-electron chi connectivity index (χ2n) is 7.46. The number of rotatable bonds is 8. The van der Waals surface area contributed by atoms with Crippen molar-refractivity contribution in [3.8, 4) is 0 Å². The molecule has 0 aromatic carbocycles. The molecule has 13 nitrogen and oxygen atoms in total. The average molecular weight is 505 g/mol. The van der Waals surface area contributed by atoms with Crippen LogP contribution in [0.4, 0.5) is 5.82 Å². The number of aliphatic carboxylic acids is 1. The van der Waals surface area contributed by atoms with Crippen molar-refractivity contribution in [2.75, 3.05) is 30.9 Å². The van der Waals surface area contributed by atoms with Gasteiger partial charge in [-0.3, -0.25) is 19.4 Å². The van der Waals surface area contributed by atoms with E-state index in [0.29, 0.717) is 5.03 Å². The minimum Gasteiger partial charge on any atom is -0.481 e. The van der Waals surface area contributed by atoms with Crippen LogP contribution in [0.15, 0.2) is 41.0 Å². The van der Waals surface area contributed by atoms with E-state index in [4.69, 9.17) is 10.6 Å². The molecule has 2 amide bonds. The highest BCUT2D eigenvalue weighted by Crippen LogP contribution is 2.44. The van der Waals surface area contributed by atoms with Crippen molar-refractivity contribution in [3.63, 3.8) is 0 Å². The number of thioether (sulfide) groups is 2. The van der Waals surface area contributed by atoms with Crippen LogP contribution in [0, 0.1) is 5.41 Å². The maximum absolute atomic E-state index is 12.8. The van der Waals surface area contributed by atoms with Gasteiger partial charge in [0.2, 0.25) is 11.6 Å². The molecule has 0 saturated carbocycles. The van der Waals surface area contributed by atoms with Gasteiger partial charge in [0, 0.05) is 36.6 Å². The Bertz CT molecular complexity index is 1140. The Kier molecular flexibility index (Phi) is 6.83. The number of hydrogen-bond acceptors (Lipinski definition) is 12. The number of oxime groups is 1. The van der Waals surface area contributed by atoms with Gasteiger partial charge in [-0.25, -0.2) is 15.0 Å². The Morgan fingerprint density at radius 1 is 1.41 bits per heavy atom. The molecule has 2 fully saturated rings. The number of hydrogen-bond donors (Lipinski definition) is 3. The molecule has 4 N–H and O–H groups in total. The summed E-state index contributed by atoms with van der Waals surface area (Å²) in [6.45, 7) is 0.0236. The van der Waals surface area contributed by atoms with E-state index in [-0.39, 0.29) is 41.3 Å². The van der Waals surface area contributed by atoms with Gasteiger partial charge < -0.3 is 25.9 Å². The summed E-state index contributed by atoms with van der Waals surface area (Å²) < 4.78 is 0. The van der Waals surface area contributed by atoms with Gasteiger partial charge in [0.05, 0.1) is 6.20 Å². The fraction of sp³-hybridized carbons (Fsp3) is 0.368. The minimum absolute atomic E-state index is 0.0236. The van der Waals surface area contributed by atoms with E-state index < -0.39 is 28.7 Å². The van der Waals surface area contributed by atoms with Gasteiger partial charge in [0.25, 0.3) is 5.91 Å². The lowest BCUT2D eigenvalue weighted by atomic mass is 9.89. The Balaban J connectivity index is 1.43. The summed E-state index contributed by atoms with van der Waals surface area (Å²) in [6.07, 6.45) is 5.99. The third kappa shape index (κ3) is 4.61. The molecule has 3 atom stereocenters. The van der Waals surface area contributed by atoms with Crippen LogP contribution in [-0.4, -0.2) is 90.0 Å². The molecule has 0 radical (unpaired) electrons. The highest BCUT2D eigenvalue weighted by molar-refractivity contribution is 8.00. The van der Waals surface area contributed by atoms with E-state index in [0.717, 1.165) is 0 Å². The molecule has 178 valence electrons. The average Bonchev–Trinajstić information content (AvgIpc) is 2.84. The van der Waals surface area contributed by atoms with Crippen LogP contribution in [-0.2, 0) is 19.2 Å². The van der Waals surface area contributed by atoms with Crippen molar-refractivity contribution >= 4 is 52.8 Å². The fourth-order valence-corrected chi connectivity index (χ4v) is 6.13. The normalized spacial score (nSPS) is 24.1. The zero-order chi connectivity index (χ0) is 24.3. The summed E-state index contributed by atoms with van der Waals surface area (Å²) in [5, 5.41) is 16.4. The first-order valence-electron chi connectivity index (χ1n) is 9.90. The number of fused-ring (bicyclic) bond motifs is 1. The molecule has 2 saturated heterocycles. The first-order chi connectivity index (χ1) is 16.3. The maximum atomic E-state index is 12.8. The number of nitrogens with one attached hydrogen (secondary N) is 1. The molecular formula is C19H20N8O5S2. The third-order valence-corrected chi connectivity index (χ3v) is 8.00. The van der Waals surface area contributed by atoms with E-state index in [1.54, 1.807) is 6.20 Å². The van der Waals surface area contributed by atoms with Gasteiger partial charge in [0.1, 0.15) is 34.8 Å².